The molecule has 0 aromatic heterocycles. The average molecular weight is 158 g/mol. The standard InChI is InChI=1S/C8H14O3/c1-3-10-7-5-4-6(2)11-8(7)9/h6-7H,3-5H2,1-2H3. The minimum atomic E-state index is -0.309. The SMILES string of the molecule is CCOC1CCC(C)OC1=O. The highest BCUT2D eigenvalue weighted by molar-refractivity contribution is 5.75. The molecule has 1 aliphatic heterocycles. The van der Waals surface area contributed by atoms with Crippen LogP contribution in [0.25, 0.3) is 0 Å². The van der Waals surface area contributed by atoms with Crippen LogP contribution >= 0.6 is 0 Å². The summed E-state index contributed by atoms with van der Waals surface area (Å²) < 4.78 is 10.2. The van der Waals surface area contributed by atoms with E-state index in [4.69, 9.17) is 9.47 Å². The Kier molecular flexibility index (Phi) is 2.88. The number of cyclic esters (lactones) is 1. The van der Waals surface area contributed by atoms with Gasteiger partial charge in [-0.1, -0.05) is 0 Å². The molecular weight excluding hydrogens is 144 g/mol. The Labute approximate surface area is 66.7 Å². The van der Waals surface area contributed by atoms with Crippen molar-refractivity contribution in [1.29, 1.82) is 0 Å². The first-order chi connectivity index (χ1) is 5.24. The fourth-order valence-electron chi connectivity index (χ4n) is 1.19. The lowest BCUT2D eigenvalue weighted by atomic mass is 10.1. The van der Waals surface area contributed by atoms with E-state index >= 15 is 0 Å². The number of carbonyl (C=O) groups excluding carboxylic acids is 1. The van der Waals surface area contributed by atoms with Gasteiger partial charge in [0.05, 0.1) is 6.10 Å². The predicted molar refractivity (Wildman–Crippen MR) is 40.2 cm³/mol. The molecule has 1 aliphatic rings. The van der Waals surface area contributed by atoms with Gasteiger partial charge in [-0.15, -0.1) is 0 Å². The smallest absolute Gasteiger partial charge is 0.335 e. The first-order valence-corrected chi connectivity index (χ1v) is 4.06. The van der Waals surface area contributed by atoms with Crippen LogP contribution in [-0.2, 0) is 14.3 Å². The van der Waals surface area contributed by atoms with Crippen molar-refractivity contribution in [2.24, 2.45) is 0 Å². The maximum Gasteiger partial charge on any atom is 0.335 e. The number of ether oxygens (including phenoxy) is 2. The lowest BCUT2D eigenvalue weighted by molar-refractivity contribution is -0.169. The summed E-state index contributed by atoms with van der Waals surface area (Å²) >= 11 is 0. The zero-order valence-electron chi connectivity index (χ0n) is 7.00. The summed E-state index contributed by atoms with van der Waals surface area (Å²) in [4.78, 5) is 11.0. The average Bonchev–Trinajstić information content (AvgIpc) is 1.95. The molecule has 64 valence electrons. The molecule has 1 rings (SSSR count). The van der Waals surface area contributed by atoms with Gasteiger partial charge >= 0.3 is 5.97 Å². The second kappa shape index (κ2) is 3.72. The summed E-state index contributed by atoms with van der Waals surface area (Å²) in [7, 11) is 0. The monoisotopic (exact) mass is 158 g/mol. The Morgan fingerprint density at radius 2 is 2.36 bits per heavy atom. The molecule has 0 aromatic carbocycles. The van der Waals surface area contributed by atoms with E-state index in [-0.39, 0.29) is 18.2 Å². The minimum Gasteiger partial charge on any atom is -0.461 e. The molecule has 0 amide bonds. The van der Waals surface area contributed by atoms with E-state index in [9.17, 15) is 4.79 Å². The molecule has 0 aromatic rings. The third-order valence-electron chi connectivity index (χ3n) is 1.78. The van der Waals surface area contributed by atoms with E-state index in [0.29, 0.717) is 6.61 Å². The molecule has 2 atom stereocenters. The Morgan fingerprint density at radius 3 is 2.91 bits per heavy atom. The number of hydrogen-bond acceptors (Lipinski definition) is 3. The third kappa shape index (κ3) is 2.19. The molecule has 2 unspecified atom stereocenters. The van der Waals surface area contributed by atoms with Gasteiger partial charge < -0.3 is 9.47 Å². The van der Waals surface area contributed by atoms with Crippen LogP contribution < -0.4 is 0 Å². The van der Waals surface area contributed by atoms with Gasteiger partial charge in [0.1, 0.15) is 0 Å². The number of rotatable bonds is 2. The van der Waals surface area contributed by atoms with Gasteiger partial charge in [0.2, 0.25) is 0 Å². The molecule has 0 bridgehead atoms. The van der Waals surface area contributed by atoms with Crippen LogP contribution in [0.1, 0.15) is 26.7 Å². The van der Waals surface area contributed by atoms with E-state index in [1.165, 1.54) is 0 Å². The van der Waals surface area contributed by atoms with Crippen molar-refractivity contribution in [3.63, 3.8) is 0 Å². The normalized spacial score (nSPS) is 31.6. The molecule has 0 aliphatic carbocycles. The summed E-state index contributed by atoms with van der Waals surface area (Å²) in [5.41, 5.74) is 0. The number of esters is 1. The first kappa shape index (κ1) is 8.53. The Bertz CT molecular complexity index is 144. The van der Waals surface area contributed by atoms with E-state index < -0.39 is 0 Å². The van der Waals surface area contributed by atoms with E-state index in [0.717, 1.165) is 12.8 Å². The molecule has 1 saturated heterocycles. The molecule has 0 N–H and O–H groups in total. The van der Waals surface area contributed by atoms with Gasteiger partial charge in [-0.05, 0) is 26.7 Å². The molecule has 1 heterocycles. The van der Waals surface area contributed by atoms with Crippen LogP contribution in [-0.4, -0.2) is 24.8 Å². The molecule has 3 heteroatoms. The fraction of sp³-hybridized carbons (Fsp3) is 0.875. The molecular formula is C8H14O3. The van der Waals surface area contributed by atoms with Crippen LogP contribution in [0.5, 0.6) is 0 Å². The van der Waals surface area contributed by atoms with Crippen molar-refractivity contribution >= 4 is 5.97 Å². The molecule has 0 radical (unpaired) electrons. The second-order valence-electron chi connectivity index (χ2n) is 2.77. The van der Waals surface area contributed by atoms with Crippen LogP contribution in [0.15, 0.2) is 0 Å². The quantitative estimate of drug-likeness (QED) is 0.565. The molecule has 11 heavy (non-hydrogen) atoms. The number of hydrogen-bond donors (Lipinski definition) is 0. The van der Waals surface area contributed by atoms with E-state index in [2.05, 4.69) is 0 Å². The Balaban J connectivity index is 2.38. The molecule has 3 nitrogen and oxygen atoms in total. The summed E-state index contributed by atoms with van der Waals surface area (Å²) in [6, 6.07) is 0. The summed E-state index contributed by atoms with van der Waals surface area (Å²) in [5, 5.41) is 0. The maximum atomic E-state index is 11.0. The van der Waals surface area contributed by atoms with Crippen molar-refractivity contribution in [3.8, 4) is 0 Å². The van der Waals surface area contributed by atoms with Crippen LogP contribution in [0.4, 0.5) is 0 Å². The van der Waals surface area contributed by atoms with Gasteiger partial charge in [0.15, 0.2) is 6.10 Å². The van der Waals surface area contributed by atoms with Crippen molar-refractivity contribution < 1.29 is 14.3 Å². The molecule has 1 fully saturated rings. The number of carbonyl (C=O) groups is 1. The third-order valence-corrected chi connectivity index (χ3v) is 1.78. The van der Waals surface area contributed by atoms with Crippen molar-refractivity contribution in [2.75, 3.05) is 6.61 Å². The molecule has 0 spiro atoms. The summed E-state index contributed by atoms with van der Waals surface area (Å²) in [6.07, 6.45) is 1.47. The van der Waals surface area contributed by atoms with Crippen LogP contribution in [0.3, 0.4) is 0 Å². The minimum absolute atomic E-state index is 0.0687. The zero-order chi connectivity index (χ0) is 8.27. The second-order valence-corrected chi connectivity index (χ2v) is 2.77. The first-order valence-electron chi connectivity index (χ1n) is 4.06. The van der Waals surface area contributed by atoms with Crippen molar-refractivity contribution in [1.82, 2.24) is 0 Å². The fourth-order valence-corrected chi connectivity index (χ4v) is 1.19. The topological polar surface area (TPSA) is 35.5 Å². The largest absolute Gasteiger partial charge is 0.461 e. The highest BCUT2D eigenvalue weighted by Crippen LogP contribution is 2.16. The van der Waals surface area contributed by atoms with Gasteiger partial charge in [-0.2, -0.15) is 0 Å². The van der Waals surface area contributed by atoms with Gasteiger partial charge in [0, 0.05) is 6.61 Å². The van der Waals surface area contributed by atoms with Gasteiger partial charge in [0.25, 0.3) is 0 Å². The lowest BCUT2D eigenvalue weighted by Gasteiger charge is -2.25. The van der Waals surface area contributed by atoms with E-state index in [1.807, 2.05) is 13.8 Å². The zero-order valence-corrected chi connectivity index (χ0v) is 7.00. The van der Waals surface area contributed by atoms with E-state index in [1.54, 1.807) is 0 Å². The van der Waals surface area contributed by atoms with Crippen LogP contribution in [0.2, 0.25) is 0 Å². The summed E-state index contributed by atoms with van der Waals surface area (Å²) in [5.74, 6) is -0.203. The Morgan fingerprint density at radius 1 is 1.64 bits per heavy atom. The summed E-state index contributed by atoms with van der Waals surface area (Å²) in [6.45, 7) is 4.36. The van der Waals surface area contributed by atoms with Crippen molar-refractivity contribution in [2.45, 2.75) is 38.9 Å². The maximum absolute atomic E-state index is 11.0. The van der Waals surface area contributed by atoms with Crippen LogP contribution in [0, 0.1) is 0 Å². The highest BCUT2D eigenvalue weighted by Gasteiger charge is 2.27. The predicted octanol–water partition coefficient (Wildman–Crippen LogP) is 1.12. The van der Waals surface area contributed by atoms with Gasteiger partial charge in [-0.3, -0.25) is 0 Å². The highest BCUT2D eigenvalue weighted by atomic mass is 16.6. The molecule has 0 saturated carbocycles. The Hall–Kier alpha value is -0.570. The van der Waals surface area contributed by atoms with Gasteiger partial charge in [-0.25, -0.2) is 4.79 Å². The lowest BCUT2D eigenvalue weighted by Crippen LogP contribution is -2.35. The van der Waals surface area contributed by atoms with Crippen molar-refractivity contribution in [3.05, 3.63) is 0 Å².